The molecule has 1 heterocycles. The molecule has 0 radical (unpaired) electrons. The number of ether oxygens (including phenoxy) is 1. The van der Waals surface area contributed by atoms with Crippen molar-refractivity contribution in [2.45, 2.75) is 32.7 Å². The molecular weight excluding hydrogens is 453 g/mol. The van der Waals surface area contributed by atoms with Gasteiger partial charge in [0.25, 0.3) is 0 Å². The Hall–Kier alpha value is -1.22. The zero-order chi connectivity index (χ0) is 19.0. The molecule has 27 heavy (non-hydrogen) atoms. The molecule has 0 aliphatic carbocycles. The molecule has 1 aromatic carbocycles. The van der Waals surface area contributed by atoms with E-state index >= 15 is 0 Å². The molecule has 6 nitrogen and oxygen atoms in total. The van der Waals surface area contributed by atoms with Gasteiger partial charge < -0.3 is 20.3 Å². The number of hydrogen-bond acceptors (Lipinski definition) is 4. The molecule has 1 saturated heterocycles. The minimum atomic E-state index is 0. The van der Waals surface area contributed by atoms with Crippen molar-refractivity contribution in [2.75, 3.05) is 58.3 Å². The number of rotatable bonds is 6. The van der Waals surface area contributed by atoms with Crippen LogP contribution in [0.1, 0.15) is 27.2 Å². The normalized spacial score (nSPS) is 15.9. The molecule has 0 spiro atoms. The Balaban J connectivity index is 0.00000364. The summed E-state index contributed by atoms with van der Waals surface area (Å²) in [6, 6.07) is 8.36. The van der Waals surface area contributed by atoms with E-state index in [2.05, 4.69) is 58.3 Å². The highest BCUT2D eigenvalue weighted by Gasteiger charge is 2.17. The van der Waals surface area contributed by atoms with E-state index in [-0.39, 0.29) is 29.5 Å². The van der Waals surface area contributed by atoms with Gasteiger partial charge in [-0.25, -0.2) is 0 Å². The summed E-state index contributed by atoms with van der Waals surface area (Å²) < 4.78 is 5.23. The second kappa shape index (κ2) is 11.6. The maximum absolute atomic E-state index is 5.23. The van der Waals surface area contributed by atoms with Crippen LogP contribution in [0.4, 0.5) is 5.69 Å². The van der Waals surface area contributed by atoms with Crippen LogP contribution in [0.15, 0.2) is 29.3 Å². The van der Waals surface area contributed by atoms with E-state index in [0.717, 1.165) is 57.4 Å². The average Bonchev–Trinajstić information content (AvgIpc) is 2.64. The van der Waals surface area contributed by atoms with Crippen molar-refractivity contribution in [1.29, 1.82) is 0 Å². The monoisotopic (exact) mass is 489 g/mol. The van der Waals surface area contributed by atoms with Crippen molar-refractivity contribution < 1.29 is 4.74 Å². The third kappa shape index (κ3) is 8.55. The molecule has 7 heteroatoms. The highest BCUT2D eigenvalue weighted by molar-refractivity contribution is 14.0. The summed E-state index contributed by atoms with van der Waals surface area (Å²) in [5.41, 5.74) is 1.31. The number of piperazine rings is 1. The Labute approximate surface area is 181 Å². The van der Waals surface area contributed by atoms with Crippen LogP contribution >= 0.6 is 24.0 Å². The van der Waals surface area contributed by atoms with Crippen molar-refractivity contribution in [3.05, 3.63) is 24.3 Å². The number of halogens is 1. The summed E-state index contributed by atoms with van der Waals surface area (Å²) in [6.45, 7) is 12.9. The summed E-state index contributed by atoms with van der Waals surface area (Å²) in [7, 11) is 3.52. The van der Waals surface area contributed by atoms with Gasteiger partial charge in [-0.15, -0.1) is 24.0 Å². The number of aliphatic imine (C=N–C) groups is 1. The van der Waals surface area contributed by atoms with Crippen LogP contribution in [-0.2, 0) is 0 Å². The number of nitrogens with zero attached hydrogens (tertiary/aromatic N) is 3. The molecule has 0 amide bonds. The highest BCUT2D eigenvalue weighted by Crippen LogP contribution is 2.20. The summed E-state index contributed by atoms with van der Waals surface area (Å²) >= 11 is 0. The molecule has 0 saturated carbocycles. The van der Waals surface area contributed by atoms with Gasteiger partial charge in [-0.1, -0.05) is 0 Å². The van der Waals surface area contributed by atoms with Gasteiger partial charge >= 0.3 is 0 Å². The predicted octanol–water partition coefficient (Wildman–Crippen LogP) is 2.79. The van der Waals surface area contributed by atoms with Gasteiger partial charge in [0.2, 0.25) is 0 Å². The van der Waals surface area contributed by atoms with Crippen molar-refractivity contribution in [1.82, 2.24) is 15.5 Å². The fourth-order valence-corrected chi connectivity index (χ4v) is 3.07. The van der Waals surface area contributed by atoms with E-state index in [1.54, 1.807) is 7.11 Å². The first-order valence-corrected chi connectivity index (χ1v) is 9.51. The molecule has 0 aromatic heterocycles. The van der Waals surface area contributed by atoms with Gasteiger partial charge in [-0.3, -0.25) is 9.89 Å². The quantitative estimate of drug-likeness (QED) is 0.279. The Morgan fingerprint density at radius 2 is 1.74 bits per heavy atom. The number of benzene rings is 1. The molecular formula is C20H36IN5O. The Morgan fingerprint density at radius 3 is 2.26 bits per heavy atom. The van der Waals surface area contributed by atoms with Crippen molar-refractivity contribution in [3.8, 4) is 5.75 Å². The summed E-state index contributed by atoms with van der Waals surface area (Å²) in [6.07, 6.45) is 1.12. The predicted molar refractivity (Wildman–Crippen MR) is 126 cm³/mol. The van der Waals surface area contributed by atoms with E-state index in [1.165, 1.54) is 5.69 Å². The summed E-state index contributed by atoms with van der Waals surface area (Å²) in [5.74, 6) is 1.79. The fourth-order valence-electron chi connectivity index (χ4n) is 3.07. The van der Waals surface area contributed by atoms with Crippen LogP contribution in [0.5, 0.6) is 5.75 Å². The number of nitrogens with one attached hydrogen (secondary N) is 2. The lowest BCUT2D eigenvalue weighted by atomic mass is 10.1. The van der Waals surface area contributed by atoms with E-state index in [1.807, 2.05) is 19.2 Å². The lowest BCUT2D eigenvalue weighted by molar-refractivity contribution is 0.255. The first-order valence-electron chi connectivity index (χ1n) is 9.51. The average molecular weight is 489 g/mol. The first kappa shape index (κ1) is 23.8. The van der Waals surface area contributed by atoms with E-state index in [0.29, 0.717) is 0 Å². The number of hydrogen-bond donors (Lipinski definition) is 2. The van der Waals surface area contributed by atoms with Crippen molar-refractivity contribution in [3.63, 3.8) is 0 Å². The van der Waals surface area contributed by atoms with Crippen LogP contribution in [0.2, 0.25) is 0 Å². The minimum absolute atomic E-state index is 0. The zero-order valence-electron chi connectivity index (χ0n) is 17.4. The van der Waals surface area contributed by atoms with Gasteiger partial charge in [-0.05, 0) is 58.0 Å². The third-order valence-corrected chi connectivity index (χ3v) is 4.47. The van der Waals surface area contributed by atoms with Gasteiger partial charge in [0, 0.05) is 51.0 Å². The van der Waals surface area contributed by atoms with E-state index in [4.69, 9.17) is 4.74 Å². The van der Waals surface area contributed by atoms with Crippen LogP contribution in [0, 0.1) is 0 Å². The molecule has 2 rings (SSSR count). The van der Waals surface area contributed by atoms with Crippen LogP contribution in [0.25, 0.3) is 0 Å². The number of methoxy groups -OCH3 is 1. The molecule has 2 N–H and O–H groups in total. The van der Waals surface area contributed by atoms with Gasteiger partial charge in [0.15, 0.2) is 5.96 Å². The molecule has 1 aromatic rings. The lowest BCUT2D eigenvalue weighted by Crippen LogP contribution is -2.49. The molecule has 1 fully saturated rings. The van der Waals surface area contributed by atoms with Gasteiger partial charge in [-0.2, -0.15) is 0 Å². The Bertz CT molecular complexity index is 563. The molecule has 1 aliphatic rings. The van der Waals surface area contributed by atoms with Crippen molar-refractivity contribution >= 4 is 35.6 Å². The first-order chi connectivity index (χ1) is 12.4. The summed E-state index contributed by atoms with van der Waals surface area (Å²) in [5, 5.41) is 6.79. The lowest BCUT2D eigenvalue weighted by Gasteiger charge is -2.36. The third-order valence-electron chi connectivity index (χ3n) is 4.47. The smallest absolute Gasteiger partial charge is 0.191 e. The number of anilines is 1. The van der Waals surface area contributed by atoms with Crippen molar-refractivity contribution in [2.24, 2.45) is 4.99 Å². The SMILES string of the molecule is CN=C(NCCCN1CCN(c2ccc(OC)cc2)CC1)NC(C)(C)C.I. The van der Waals surface area contributed by atoms with E-state index in [9.17, 15) is 0 Å². The molecule has 154 valence electrons. The zero-order valence-corrected chi connectivity index (χ0v) is 19.7. The standard InChI is InChI=1S/C20H35N5O.HI/c1-20(2,3)23-19(21-4)22-11-6-12-24-13-15-25(16-14-24)17-7-9-18(26-5)10-8-17;/h7-10H,6,11-16H2,1-5H3,(H2,21,22,23);1H. The van der Waals surface area contributed by atoms with Gasteiger partial charge in [0.05, 0.1) is 7.11 Å². The van der Waals surface area contributed by atoms with Crippen LogP contribution in [0.3, 0.4) is 0 Å². The number of guanidine groups is 1. The second-order valence-electron chi connectivity index (χ2n) is 7.75. The maximum Gasteiger partial charge on any atom is 0.191 e. The minimum Gasteiger partial charge on any atom is -0.497 e. The van der Waals surface area contributed by atoms with Crippen LogP contribution < -0.4 is 20.3 Å². The van der Waals surface area contributed by atoms with E-state index < -0.39 is 0 Å². The molecule has 0 unspecified atom stereocenters. The Morgan fingerprint density at radius 1 is 1.11 bits per heavy atom. The molecule has 1 aliphatic heterocycles. The Kier molecular flexibility index (Phi) is 10.2. The molecule has 0 atom stereocenters. The van der Waals surface area contributed by atoms with Crippen LogP contribution in [-0.4, -0.2) is 69.8 Å². The highest BCUT2D eigenvalue weighted by atomic mass is 127. The fraction of sp³-hybridized carbons (Fsp3) is 0.650. The maximum atomic E-state index is 5.23. The topological polar surface area (TPSA) is 52.1 Å². The summed E-state index contributed by atoms with van der Waals surface area (Å²) in [4.78, 5) is 9.27. The second-order valence-corrected chi connectivity index (χ2v) is 7.75. The van der Waals surface area contributed by atoms with Gasteiger partial charge in [0.1, 0.15) is 5.75 Å². The molecule has 0 bridgehead atoms. The largest absolute Gasteiger partial charge is 0.497 e.